The Balaban J connectivity index is 1.39. The number of hydrogen-bond acceptors (Lipinski definition) is 5. The molecule has 7 heteroatoms. The zero-order valence-electron chi connectivity index (χ0n) is 15.7. The highest BCUT2D eigenvalue weighted by molar-refractivity contribution is 5.86. The van der Waals surface area contributed by atoms with Crippen LogP contribution in [0.5, 0.6) is 0 Å². The van der Waals surface area contributed by atoms with Crippen molar-refractivity contribution in [1.29, 1.82) is 0 Å². The number of carbonyl (C=O) groups excluding carboxylic acids is 1. The first-order valence-electron chi connectivity index (χ1n) is 9.34. The highest BCUT2D eigenvalue weighted by Crippen LogP contribution is 2.24. The molecule has 1 aromatic carbocycles. The van der Waals surface area contributed by atoms with E-state index in [4.69, 9.17) is 0 Å². The third-order valence-corrected chi connectivity index (χ3v) is 5.29. The summed E-state index contributed by atoms with van der Waals surface area (Å²) in [6.07, 6.45) is 3.94. The second-order valence-electron chi connectivity index (χ2n) is 7.09. The van der Waals surface area contributed by atoms with Gasteiger partial charge in [-0.2, -0.15) is 5.10 Å². The SMILES string of the molecule is C[C@@H](CC(=O)N1CCN(c2ncnc3c2cnn3C)CC1)c1ccccc1. The Bertz CT molecular complexity index is 930. The average molecular weight is 364 g/mol. The van der Waals surface area contributed by atoms with Crippen molar-refractivity contribution in [2.24, 2.45) is 7.05 Å². The van der Waals surface area contributed by atoms with E-state index in [1.807, 2.05) is 36.3 Å². The van der Waals surface area contributed by atoms with Crippen molar-refractivity contribution < 1.29 is 4.79 Å². The van der Waals surface area contributed by atoms with E-state index in [9.17, 15) is 4.79 Å². The number of anilines is 1. The number of benzene rings is 1. The molecule has 0 spiro atoms. The van der Waals surface area contributed by atoms with Crippen LogP contribution in [-0.2, 0) is 11.8 Å². The average Bonchev–Trinajstić information content (AvgIpc) is 3.10. The summed E-state index contributed by atoms with van der Waals surface area (Å²) in [6, 6.07) is 10.2. The first kappa shape index (κ1) is 17.5. The fourth-order valence-corrected chi connectivity index (χ4v) is 3.66. The van der Waals surface area contributed by atoms with Gasteiger partial charge in [0.25, 0.3) is 0 Å². The van der Waals surface area contributed by atoms with Crippen molar-refractivity contribution in [3.05, 3.63) is 48.4 Å². The molecule has 0 aliphatic carbocycles. The van der Waals surface area contributed by atoms with Crippen LogP contribution in [0.25, 0.3) is 11.0 Å². The van der Waals surface area contributed by atoms with Crippen molar-refractivity contribution in [2.75, 3.05) is 31.1 Å². The van der Waals surface area contributed by atoms with Crippen LogP contribution in [0.15, 0.2) is 42.9 Å². The third kappa shape index (κ3) is 3.49. The Kier molecular flexibility index (Phi) is 4.75. The molecule has 140 valence electrons. The van der Waals surface area contributed by atoms with E-state index in [1.54, 1.807) is 11.0 Å². The van der Waals surface area contributed by atoms with Gasteiger partial charge < -0.3 is 9.80 Å². The van der Waals surface area contributed by atoms with Gasteiger partial charge in [-0.25, -0.2) is 9.97 Å². The Morgan fingerprint density at radius 3 is 2.59 bits per heavy atom. The normalized spacial score (nSPS) is 15.9. The van der Waals surface area contributed by atoms with Crippen LogP contribution in [0.1, 0.15) is 24.8 Å². The Labute approximate surface area is 158 Å². The Hall–Kier alpha value is -2.96. The number of aromatic nitrogens is 4. The maximum absolute atomic E-state index is 12.7. The molecular weight excluding hydrogens is 340 g/mol. The summed E-state index contributed by atoms with van der Waals surface area (Å²) in [5.74, 6) is 1.35. The Morgan fingerprint density at radius 2 is 1.85 bits per heavy atom. The third-order valence-electron chi connectivity index (χ3n) is 5.29. The molecule has 0 radical (unpaired) electrons. The summed E-state index contributed by atoms with van der Waals surface area (Å²) < 4.78 is 1.76. The lowest BCUT2D eigenvalue weighted by Gasteiger charge is -2.36. The monoisotopic (exact) mass is 364 g/mol. The zero-order chi connectivity index (χ0) is 18.8. The molecule has 27 heavy (non-hydrogen) atoms. The smallest absolute Gasteiger partial charge is 0.223 e. The van der Waals surface area contributed by atoms with Gasteiger partial charge in [0.2, 0.25) is 5.91 Å². The van der Waals surface area contributed by atoms with Crippen molar-refractivity contribution in [3.8, 4) is 0 Å². The van der Waals surface area contributed by atoms with Gasteiger partial charge in [0.15, 0.2) is 5.65 Å². The van der Waals surface area contributed by atoms with Crippen LogP contribution < -0.4 is 4.90 Å². The summed E-state index contributed by atoms with van der Waals surface area (Å²) >= 11 is 0. The van der Waals surface area contributed by atoms with Crippen LogP contribution in [0.3, 0.4) is 0 Å². The molecule has 4 rings (SSSR count). The molecule has 0 saturated carbocycles. The van der Waals surface area contributed by atoms with Crippen LogP contribution >= 0.6 is 0 Å². The first-order valence-corrected chi connectivity index (χ1v) is 9.34. The van der Waals surface area contributed by atoms with Crippen LogP contribution in [0.2, 0.25) is 0 Å². The predicted molar refractivity (Wildman–Crippen MR) is 105 cm³/mol. The molecule has 1 fully saturated rings. The first-order chi connectivity index (χ1) is 13.1. The van der Waals surface area contributed by atoms with Crippen LogP contribution in [-0.4, -0.2) is 56.7 Å². The fourth-order valence-electron chi connectivity index (χ4n) is 3.66. The van der Waals surface area contributed by atoms with Gasteiger partial charge in [0.1, 0.15) is 12.1 Å². The maximum Gasteiger partial charge on any atom is 0.223 e. The number of piperazine rings is 1. The number of nitrogens with zero attached hydrogens (tertiary/aromatic N) is 6. The van der Waals surface area contributed by atoms with Gasteiger partial charge in [-0.3, -0.25) is 9.48 Å². The van der Waals surface area contributed by atoms with E-state index < -0.39 is 0 Å². The second-order valence-corrected chi connectivity index (χ2v) is 7.09. The second kappa shape index (κ2) is 7.34. The van der Waals surface area contributed by atoms with E-state index in [0.717, 1.165) is 29.9 Å². The molecule has 3 heterocycles. The van der Waals surface area contributed by atoms with Crippen LogP contribution in [0, 0.1) is 0 Å². The number of hydrogen-bond donors (Lipinski definition) is 0. The molecule has 1 aliphatic heterocycles. The minimum Gasteiger partial charge on any atom is -0.352 e. The standard InChI is InChI=1S/C20H24N6O/c1-15(16-6-4-3-5-7-16)12-18(27)25-8-10-26(11-9-25)20-17-13-23-24(2)19(17)21-14-22-20/h3-7,13-15H,8-12H2,1-2H3/t15-/m0/s1. The number of rotatable bonds is 4. The topological polar surface area (TPSA) is 67.2 Å². The van der Waals surface area contributed by atoms with Gasteiger partial charge in [-0.15, -0.1) is 0 Å². The molecule has 0 bridgehead atoms. The lowest BCUT2D eigenvalue weighted by atomic mass is 9.97. The lowest BCUT2D eigenvalue weighted by Crippen LogP contribution is -2.49. The van der Waals surface area contributed by atoms with Gasteiger partial charge in [0, 0.05) is 39.6 Å². The van der Waals surface area contributed by atoms with Gasteiger partial charge in [-0.1, -0.05) is 37.3 Å². The highest BCUT2D eigenvalue weighted by atomic mass is 16.2. The van der Waals surface area contributed by atoms with E-state index in [-0.39, 0.29) is 11.8 Å². The summed E-state index contributed by atoms with van der Waals surface area (Å²) in [5, 5.41) is 5.23. The molecule has 1 amide bonds. The summed E-state index contributed by atoms with van der Waals surface area (Å²) in [7, 11) is 1.88. The van der Waals surface area contributed by atoms with E-state index >= 15 is 0 Å². The lowest BCUT2D eigenvalue weighted by molar-refractivity contribution is -0.131. The van der Waals surface area contributed by atoms with Crippen molar-refractivity contribution in [1.82, 2.24) is 24.6 Å². The van der Waals surface area contributed by atoms with Gasteiger partial charge in [-0.05, 0) is 11.5 Å². The predicted octanol–water partition coefficient (Wildman–Crippen LogP) is 2.21. The van der Waals surface area contributed by atoms with E-state index in [0.29, 0.717) is 19.5 Å². The molecule has 1 aliphatic rings. The highest BCUT2D eigenvalue weighted by Gasteiger charge is 2.24. The van der Waals surface area contributed by atoms with Gasteiger partial charge in [0.05, 0.1) is 11.6 Å². The molecule has 1 atom stereocenters. The van der Waals surface area contributed by atoms with Gasteiger partial charge >= 0.3 is 0 Å². The number of carbonyl (C=O) groups is 1. The maximum atomic E-state index is 12.7. The van der Waals surface area contributed by atoms with Crippen molar-refractivity contribution in [2.45, 2.75) is 19.3 Å². The molecule has 1 saturated heterocycles. The molecule has 2 aromatic heterocycles. The largest absolute Gasteiger partial charge is 0.352 e. The summed E-state index contributed by atoms with van der Waals surface area (Å²) in [5.41, 5.74) is 2.04. The summed E-state index contributed by atoms with van der Waals surface area (Å²) in [6.45, 7) is 5.08. The van der Waals surface area contributed by atoms with Crippen LogP contribution in [0.4, 0.5) is 5.82 Å². The molecule has 0 N–H and O–H groups in total. The quantitative estimate of drug-likeness (QED) is 0.710. The molecule has 7 nitrogen and oxygen atoms in total. The van der Waals surface area contributed by atoms with E-state index in [1.165, 1.54) is 5.56 Å². The number of fused-ring (bicyclic) bond motifs is 1. The molecule has 0 unspecified atom stereocenters. The number of amides is 1. The number of aryl methyl sites for hydroxylation is 1. The van der Waals surface area contributed by atoms with E-state index in [2.05, 4.69) is 39.0 Å². The molecule has 3 aromatic rings. The minimum atomic E-state index is 0.222. The molecular formula is C20H24N6O. The minimum absolute atomic E-state index is 0.222. The summed E-state index contributed by atoms with van der Waals surface area (Å²) in [4.78, 5) is 25.7. The van der Waals surface area contributed by atoms with Crippen molar-refractivity contribution in [3.63, 3.8) is 0 Å². The van der Waals surface area contributed by atoms with Crippen molar-refractivity contribution >= 4 is 22.8 Å². The zero-order valence-corrected chi connectivity index (χ0v) is 15.7. The Morgan fingerprint density at radius 1 is 1.11 bits per heavy atom. The fraction of sp³-hybridized carbons (Fsp3) is 0.400.